The van der Waals surface area contributed by atoms with E-state index in [-0.39, 0.29) is 0 Å². The van der Waals surface area contributed by atoms with Crippen molar-refractivity contribution in [3.8, 4) is 0 Å². The van der Waals surface area contributed by atoms with Crippen molar-refractivity contribution >= 4 is 56.9 Å². The minimum absolute atomic E-state index is 0.454. The molecule has 0 fully saturated rings. The molecule has 0 aliphatic heterocycles. The van der Waals surface area contributed by atoms with Gasteiger partial charge >= 0.3 is 190 Å². The number of nitrogens with zero attached hydrogens (tertiary/aromatic N) is 3. The summed E-state index contributed by atoms with van der Waals surface area (Å²) in [6, 6.07) is 5.40. The fourth-order valence-electron chi connectivity index (χ4n) is 3.80. The Balaban J connectivity index is 2.35. The van der Waals surface area contributed by atoms with Crippen LogP contribution in [0.3, 0.4) is 0 Å². The zero-order valence-electron chi connectivity index (χ0n) is 17.2. The summed E-state index contributed by atoms with van der Waals surface area (Å²) in [6.45, 7) is 6.85. The average molecular weight is 552 g/mol. The fourth-order valence-corrected chi connectivity index (χ4v) is 19.6. The number of hydrogen-bond acceptors (Lipinski definition) is 2. The molecule has 1 atom stereocenters. The molecule has 0 radical (unpaired) electrons. The summed E-state index contributed by atoms with van der Waals surface area (Å²) in [6.07, 6.45) is 9.74. The molecule has 7 heteroatoms. The van der Waals surface area contributed by atoms with E-state index in [4.69, 9.17) is 39.9 Å². The molecule has 1 unspecified atom stereocenters. The Morgan fingerprint density at radius 1 is 0.893 bits per heavy atom. The molecular formula is C21H32Cl3N3Sn. The Morgan fingerprint density at radius 3 is 1.86 bits per heavy atom. The van der Waals surface area contributed by atoms with Crippen LogP contribution < -0.4 is 3.71 Å². The van der Waals surface area contributed by atoms with Crippen LogP contribution in [0.2, 0.25) is 23.4 Å². The van der Waals surface area contributed by atoms with E-state index in [9.17, 15) is 0 Å². The second-order valence-corrected chi connectivity index (χ2v) is 22.1. The minimum atomic E-state index is -2.60. The van der Waals surface area contributed by atoms with Gasteiger partial charge in [-0.15, -0.1) is 0 Å². The molecule has 1 heterocycles. The first kappa shape index (κ1) is 24.3. The molecule has 0 aliphatic rings. The molecule has 0 spiro atoms. The molecule has 0 saturated heterocycles. The van der Waals surface area contributed by atoms with E-state index in [1.54, 1.807) is 10.7 Å². The molecule has 156 valence electrons. The molecule has 0 aliphatic carbocycles. The van der Waals surface area contributed by atoms with E-state index in [2.05, 4.69) is 32.2 Å². The van der Waals surface area contributed by atoms with Crippen LogP contribution in [-0.4, -0.2) is 33.4 Å². The Labute approximate surface area is 189 Å². The van der Waals surface area contributed by atoms with Gasteiger partial charge in [0.1, 0.15) is 0 Å². The number of rotatable bonds is 12. The number of aromatic nitrogens is 3. The van der Waals surface area contributed by atoms with E-state index in [0.717, 1.165) is 5.56 Å². The number of benzene rings is 1. The van der Waals surface area contributed by atoms with Crippen molar-refractivity contribution in [1.29, 1.82) is 0 Å². The SMILES string of the molecule is CCC[CH2][Sn]([CH2]CCC)([CH2]CCC)[c]1cn(C(Cl)c2cc(Cl)cc(Cl)c2)nn1. The predicted octanol–water partition coefficient (Wildman–Crippen LogP) is 7.43. The normalized spacial score (nSPS) is 13.1. The molecule has 2 aromatic rings. The number of alkyl halides is 1. The number of halogens is 3. The Morgan fingerprint density at radius 2 is 1.39 bits per heavy atom. The van der Waals surface area contributed by atoms with Crippen molar-refractivity contribution in [2.24, 2.45) is 0 Å². The first-order chi connectivity index (χ1) is 13.5. The molecule has 2 rings (SSSR count). The molecule has 0 bridgehead atoms. The van der Waals surface area contributed by atoms with Gasteiger partial charge < -0.3 is 0 Å². The van der Waals surface area contributed by atoms with Gasteiger partial charge in [0, 0.05) is 0 Å². The van der Waals surface area contributed by atoms with Crippen molar-refractivity contribution in [1.82, 2.24) is 15.0 Å². The summed E-state index contributed by atoms with van der Waals surface area (Å²) in [7, 11) is 0. The second kappa shape index (κ2) is 12.0. The molecule has 0 saturated carbocycles. The Kier molecular flexibility index (Phi) is 10.4. The number of unbranched alkanes of at least 4 members (excludes halogenated alkanes) is 3. The quantitative estimate of drug-likeness (QED) is 0.203. The van der Waals surface area contributed by atoms with Gasteiger partial charge in [-0.3, -0.25) is 0 Å². The maximum atomic E-state index is 6.72. The van der Waals surface area contributed by atoms with Gasteiger partial charge in [-0.25, -0.2) is 0 Å². The van der Waals surface area contributed by atoms with Gasteiger partial charge in [0.25, 0.3) is 0 Å². The van der Waals surface area contributed by atoms with Crippen LogP contribution in [0.25, 0.3) is 0 Å². The van der Waals surface area contributed by atoms with Crippen molar-refractivity contribution in [2.75, 3.05) is 0 Å². The van der Waals surface area contributed by atoms with Gasteiger partial charge in [-0.05, 0) is 0 Å². The van der Waals surface area contributed by atoms with Gasteiger partial charge in [0.15, 0.2) is 0 Å². The average Bonchev–Trinajstić information content (AvgIpc) is 3.17. The molecule has 0 amide bonds. The van der Waals surface area contributed by atoms with Crippen LogP contribution in [0.4, 0.5) is 0 Å². The van der Waals surface area contributed by atoms with Crippen molar-refractivity contribution in [3.63, 3.8) is 0 Å². The number of hydrogen-bond donors (Lipinski definition) is 0. The van der Waals surface area contributed by atoms with Crippen molar-refractivity contribution < 1.29 is 0 Å². The zero-order valence-corrected chi connectivity index (χ0v) is 22.3. The van der Waals surface area contributed by atoms with Crippen molar-refractivity contribution in [2.45, 2.75) is 78.1 Å². The van der Waals surface area contributed by atoms with E-state index in [1.165, 1.54) is 55.5 Å². The summed E-state index contributed by atoms with van der Waals surface area (Å²) < 4.78 is 7.15. The molecule has 28 heavy (non-hydrogen) atoms. The summed E-state index contributed by atoms with van der Waals surface area (Å²) in [5, 5.41) is 10.3. The van der Waals surface area contributed by atoms with E-state index in [0.29, 0.717) is 10.0 Å². The van der Waals surface area contributed by atoms with Gasteiger partial charge in [-0.2, -0.15) is 0 Å². The van der Waals surface area contributed by atoms with Crippen molar-refractivity contribution in [3.05, 3.63) is 40.0 Å². The third-order valence-corrected chi connectivity index (χ3v) is 21.3. The predicted molar refractivity (Wildman–Crippen MR) is 125 cm³/mol. The Hall–Kier alpha value is 0.0287. The fraction of sp³-hybridized carbons (Fsp3) is 0.619. The standard InChI is InChI=1S/C9H5Cl3N3.3C4H9.Sn/c10-7-3-6(4-8(11)5-7)9(12)15-2-1-13-14-15;3*1-3-4-2;/h2-5,9H;3*1,3-4H2,2H3;. The van der Waals surface area contributed by atoms with Crippen LogP contribution in [0.1, 0.15) is 70.4 Å². The van der Waals surface area contributed by atoms with Gasteiger partial charge in [0.2, 0.25) is 0 Å². The van der Waals surface area contributed by atoms with E-state index in [1.807, 2.05) is 12.1 Å². The monoisotopic (exact) mass is 551 g/mol. The van der Waals surface area contributed by atoms with Crippen LogP contribution in [0.15, 0.2) is 24.4 Å². The first-order valence-electron chi connectivity index (χ1n) is 10.5. The molecule has 1 aromatic carbocycles. The summed E-state index contributed by atoms with van der Waals surface area (Å²) >= 11 is 16.4. The van der Waals surface area contributed by atoms with E-state index < -0.39 is 23.9 Å². The molecule has 0 N–H and O–H groups in total. The maximum absolute atomic E-state index is 6.72. The van der Waals surface area contributed by atoms with Crippen LogP contribution in [0.5, 0.6) is 0 Å². The van der Waals surface area contributed by atoms with Crippen LogP contribution in [0, 0.1) is 0 Å². The van der Waals surface area contributed by atoms with Gasteiger partial charge in [-0.1, -0.05) is 0 Å². The van der Waals surface area contributed by atoms with Crippen LogP contribution >= 0.6 is 34.8 Å². The van der Waals surface area contributed by atoms with E-state index >= 15 is 0 Å². The third-order valence-electron chi connectivity index (χ3n) is 5.47. The topological polar surface area (TPSA) is 30.7 Å². The van der Waals surface area contributed by atoms with Gasteiger partial charge in [0.05, 0.1) is 0 Å². The summed E-state index contributed by atoms with van der Waals surface area (Å²) in [4.78, 5) is 0. The molecule has 3 nitrogen and oxygen atoms in total. The third kappa shape index (κ3) is 6.51. The second-order valence-electron chi connectivity index (χ2n) is 7.71. The summed E-state index contributed by atoms with van der Waals surface area (Å²) in [5.41, 5.74) is 0.386. The molecule has 1 aromatic heterocycles. The summed E-state index contributed by atoms with van der Waals surface area (Å²) in [5.74, 6) is 0. The molecular weight excluding hydrogens is 519 g/mol. The first-order valence-corrected chi connectivity index (χ1v) is 19.2. The zero-order chi connectivity index (χ0) is 20.6. The van der Waals surface area contributed by atoms with Crippen LogP contribution in [-0.2, 0) is 0 Å². The Bertz CT molecular complexity index is 693.